The van der Waals surface area contributed by atoms with Crippen molar-refractivity contribution in [2.24, 2.45) is 5.92 Å². The molecule has 1 amide bonds. The van der Waals surface area contributed by atoms with Gasteiger partial charge >= 0.3 is 0 Å². The summed E-state index contributed by atoms with van der Waals surface area (Å²) in [7, 11) is 0. The largest absolute Gasteiger partial charge is 0.326 e. The van der Waals surface area contributed by atoms with Gasteiger partial charge in [0.1, 0.15) is 0 Å². The number of anilines is 1. The van der Waals surface area contributed by atoms with Crippen LogP contribution < -0.4 is 10.6 Å². The van der Waals surface area contributed by atoms with E-state index in [1.807, 2.05) is 23.9 Å². The van der Waals surface area contributed by atoms with Gasteiger partial charge in [-0.15, -0.1) is 0 Å². The molecule has 0 aliphatic carbocycles. The van der Waals surface area contributed by atoms with Gasteiger partial charge in [-0.1, -0.05) is 18.2 Å². The number of nitrogens with one attached hydrogen (secondary N) is 2. The number of rotatable bonds is 4. The average Bonchev–Trinajstić information content (AvgIpc) is 3.05. The van der Waals surface area contributed by atoms with Gasteiger partial charge in [-0.2, -0.15) is 11.8 Å². The number of nitrogens with zero attached hydrogens (tertiary/aromatic N) is 1. The predicted molar refractivity (Wildman–Crippen MR) is 88.7 cm³/mol. The first-order valence-electron chi connectivity index (χ1n) is 7.72. The molecule has 1 unspecified atom stereocenters. The van der Waals surface area contributed by atoms with Crippen LogP contribution in [-0.2, 0) is 11.3 Å². The number of thioether (sulfide) groups is 1. The third-order valence-electron chi connectivity index (χ3n) is 4.20. The zero-order chi connectivity index (χ0) is 14.5. The molecule has 2 aliphatic heterocycles. The maximum atomic E-state index is 12.3. The van der Waals surface area contributed by atoms with Crippen molar-refractivity contribution in [2.45, 2.75) is 13.0 Å². The molecule has 4 nitrogen and oxygen atoms in total. The van der Waals surface area contributed by atoms with Gasteiger partial charge in [-0.25, -0.2) is 0 Å². The molecule has 0 saturated carbocycles. The van der Waals surface area contributed by atoms with Gasteiger partial charge in [0.05, 0.1) is 5.92 Å². The van der Waals surface area contributed by atoms with Crippen molar-refractivity contribution in [3.8, 4) is 0 Å². The number of para-hydroxylation sites is 1. The average molecular weight is 305 g/mol. The number of hydrogen-bond acceptors (Lipinski definition) is 4. The smallest absolute Gasteiger partial charge is 0.228 e. The topological polar surface area (TPSA) is 44.4 Å². The number of carbonyl (C=O) groups excluding carboxylic acids is 1. The molecular formula is C16H23N3OS. The SMILES string of the molecule is O=C(Nc1ccccc1CN1CCSCC1)C1CCNC1. The molecule has 0 bridgehead atoms. The van der Waals surface area contributed by atoms with Gasteiger partial charge < -0.3 is 10.6 Å². The van der Waals surface area contributed by atoms with Crippen LogP contribution in [0.5, 0.6) is 0 Å². The fraction of sp³-hybridized carbons (Fsp3) is 0.562. The van der Waals surface area contributed by atoms with Crippen molar-refractivity contribution in [2.75, 3.05) is 43.0 Å². The number of benzene rings is 1. The summed E-state index contributed by atoms with van der Waals surface area (Å²) in [5.74, 6) is 2.69. The van der Waals surface area contributed by atoms with E-state index in [9.17, 15) is 4.79 Å². The summed E-state index contributed by atoms with van der Waals surface area (Å²) in [5.41, 5.74) is 2.20. The second-order valence-electron chi connectivity index (χ2n) is 5.72. The van der Waals surface area contributed by atoms with Gasteiger partial charge in [0, 0.05) is 43.4 Å². The van der Waals surface area contributed by atoms with E-state index >= 15 is 0 Å². The van der Waals surface area contributed by atoms with Crippen LogP contribution in [0.3, 0.4) is 0 Å². The minimum atomic E-state index is 0.115. The molecule has 2 saturated heterocycles. The lowest BCUT2D eigenvalue weighted by molar-refractivity contribution is -0.119. The Kier molecular flexibility index (Phi) is 5.17. The molecule has 2 fully saturated rings. The Morgan fingerprint density at radius 1 is 1.33 bits per heavy atom. The molecule has 114 valence electrons. The highest BCUT2D eigenvalue weighted by atomic mass is 32.2. The van der Waals surface area contributed by atoms with Crippen LogP contribution >= 0.6 is 11.8 Å². The summed E-state index contributed by atoms with van der Waals surface area (Å²) in [6.07, 6.45) is 0.942. The third-order valence-corrected chi connectivity index (χ3v) is 5.15. The molecule has 1 atom stereocenters. The molecule has 21 heavy (non-hydrogen) atoms. The van der Waals surface area contributed by atoms with Crippen molar-refractivity contribution < 1.29 is 4.79 Å². The fourth-order valence-electron chi connectivity index (χ4n) is 2.89. The Morgan fingerprint density at radius 3 is 2.90 bits per heavy atom. The first-order chi connectivity index (χ1) is 10.3. The van der Waals surface area contributed by atoms with Crippen LogP contribution in [0.15, 0.2) is 24.3 Å². The summed E-state index contributed by atoms with van der Waals surface area (Å²) in [4.78, 5) is 14.8. The Bertz CT molecular complexity index is 482. The Morgan fingerprint density at radius 2 is 2.14 bits per heavy atom. The van der Waals surface area contributed by atoms with Crippen molar-refractivity contribution in [1.29, 1.82) is 0 Å². The third kappa shape index (κ3) is 3.99. The predicted octanol–water partition coefficient (Wildman–Crippen LogP) is 1.78. The zero-order valence-corrected chi connectivity index (χ0v) is 13.1. The number of carbonyl (C=O) groups is 1. The number of hydrogen-bond donors (Lipinski definition) is 2. The normalized spacial score (nSPS) is 23.1. The maximum Gasteiger partial charge on any atom is 0.228 e. The van der Waals surface area contributed by atoms with E-state index in [4.69, 9.17) is 0 Å². The molecule has 1 aromatic carbocycles. The molecule has 2 aliphatic rings. The Balaban J connectivity index is 1.65. The van der Waals surface area contributed by atoms with E-state index in [0.717, 1.165) is 44.8 Å². The second kappa shape index (κ2) is 7.29. The van der Waals surface area contributed by atoms with Crippen molar-refractivity contribution in [3.05, 3.63) is 29.8 Å². The van der Waals surface area contributed by atoms with Crippen LogP contribution in [0.2, 0.25) is 0 Å². The van der Waals surface area contributed by atoms with Crippen molar-refractivity contribution in [1.82, 2.24) is 10.2 Å². The molecule has 2 heterocycles. The minimum Gasteiger partial charge on any atom is -0.326 e. The molecular weight excluding hydrogens is 282 g/mol. The van der Waals surface area contributed by atoms with E-state index in [0.29, 0.717) is 0 Å². The van der Waals surface area contributed by atoms with Crippen LogP contribution in [0, 0.1) is 5.92 Å². The van der Waals surface area contributed by atoms with Gasteiger partial charge in [0.15, 0.2) is 0 Å². The molecule has 0 spiro atoms. The summed E-state index contributed by atoms with van der Waals surface area (Å²) in [5, 5.41) is 6.38. The van der Waals surface area contributed by atoms with Crippen molar-refractivity contribution >= 4 is 23.4 Å². The standard InChI is InChI=1S/C16H23N3OS/c20-16(13-5-6-17-11-13)18-15-4-2-1-3-14(15)12-19-7-9-21-10-8-19/h1-4,13,17H,5-12H2,(H,18,20). The quantitative estimate of drug-likeness (QED) is 0.890. The van der Waals surface area contributed by atoms with Crippen LogP contribution in [0.1, 0.15) is 12.0 Å². The maximum absolute atomic E-state index is 12.3. The monoisotopic (exact) mass is 305 g/mol. The molecule has 0 aromatic heterocycles. The van der Waals surface area contributed by atoms with Crippen LogP contribution in [0.4, 0.5) is 5.69 Å². The lowest BCUT2D eigenvalue weighted by Gasteiger charge is -2.27. The Hall–Kier alpha value is -1.04. The van der Waals surface area contributed by atoms with Gasteiger partial charge in [-0.3, -0.25) is 9.69 Å². The zero-order valence-electron chi connectivity index (χ0n) is 12.3. The van der Waals surface area contributed by atoms with Crippen molar-refractivity contribution in [3.63, 3.8) is 0 Å². The van der Waals surface area contributed by atoms with E-state index in [1.165, 1.54) is 17.1 Å². The van der Waals surface area contributed by atoms with Crippen LogP contribution in [-0.4, -0.2) is 48.5 Å². The lowest BCUT2D eigenvalue weighted by Crippen LogP contribution is -2.32. The molecule has 0 radical (unpaired) electrons. The first-order valence-corrected chi connectivity index (χ1v) is 8.88. The summed E-state index contributed by atoms with van der Waals surface area (Å²) < 4.78 is 0. The minimum absolute atomic E-state index is 0.115. The second-order valence-corrected chi connectivity index (χ2v) is 6.95. The van der Waals surface area contributed by atoms with E-state index in [-0.39, 0.29) is 11.8 Å². The summed E-state index contributed by atoms with van der Waals surface area (Å²) in [6.45, 7) is 4.96. The molecule has 1 aromatic rings. The highest BCUT2D eigenvalue weighted by molar-refractivity contribution is 7.99. The Labute approximate surface area is 130 Å². The highest BCUT2D eigenvalue weighted by Crippen LogP contribution is 2.21. The van der Waals surface area contributed by atoms with E-state index < -0.39 is 0 Å². The van der Waals surface area contributed by atoms with Gasteiger partial charge in [-0.05, 0) is 24.6 Å². The summed E-state index contributed by atoms with van der Waals surface area (Å²) in [6, 6.07) is 8.21. The van der Waals surface area contributed by atoms with Crippen LogP contribution in [0.25, 0.3) is 0 Å². The highest BCUT2D eigenvalue weighted by Gasteiger charge is 2.23. The molecule has 3 rings (SSSR count). The van der Waals surface area contributed by atoms with E-state index in [1.54, 1.807) is 0 Å². The first kappa shape index (κ1) is 14.9. The molecule has 2 N–H and O–H groups in total. The lowest BCUT2D eigenvalue weighted by atomic mass is 10.1. The van der Waals surface area contributed by atoms with E-state index in [2.05, 4.69) is 27.7 Å². The number of amides is 1. The fourth-order valence-corrected chi connectivity index (χ4v) is 3.87. The van der Waals surface area contributed by atoms with Gasteiger partial charge in [0.25, 0.3) is 0 Å². The van der Waals surface area contributed by atoms with Gasteiger partial charge in [0.2, 0.25) is 5.91 Å². The molecule has 5 heteroatoms. The summed E-state index contributed by atoms with van der Waals surface area (Å²) >= 11 is 2.02.